The van der Waals surface area contributed by atoms with Gasteiger partial charge in [-0.1, -0.05) is 0 Å². The number of nitrogens with one attached hydrogen (secondary N) is 1. The Morgan fingerprint density at radius 1 is 1.53 bits per heavy atom. The highest BCUT2D eigenvalue weighted by atomic mass is 32.2. The normalized spacial score (nSPS) is 33.8. The van der Waals surface area contributed by atoms with Gasteiger partial charge in [-0.25, -0.2) is 13.1 Å². The van der Waals surface area contributed by atoms with Crippen LogP contribution < -0.4 is 4.72 Å². The van der Waals surface area contributed by atoms with E-state index >= 15 is 0 Å². The highest BCUT2D eigenvalue weighted by molar-refractivity contribution is 7.89. The predicted octanol–water partition coefficient (Wildman–Crippen LogP) is -0.194. The first-order valence-electron chi connectivity index (χ1n) is 5.65. The Labute approximate surface area is 100 Å². The topological polar surface area (TPSA) is 92.7 Å². The second-order valence-corrected chi connectivity index (χ2v) is 6.93. The number of rotatable bonds is 5. The lowest BCUT2D eigenvalue weighted by Crippen LogP contribution is -2.50. The molecule has 0 spiro atoms. The quantitative estimate of drug-likeness (QED) is 0.717. The fourth-order valence-corrected chi connectivity index (χ4v) is 3.72. The van der Waals surface area contributed by atoms with Crippen molar-refractivity contribution >= 4 is 16.0 Å². The molecule has 2 atom stereocenters. The molecule has 0 aromatic carbocycles. The molecular formula is C10H17NO5S. The molecule has 0 aromatic rings. The van der Waals surface area contributed by atoms with Crippen LogP contribution in [0.5, 0.6) is 0 Å². The van der Waals surface area contributed by atoms with Gasteiger partial charge in [0.05, 0.1) is 25.0 Å². The molecule has 2 fully saturated rings. The maximum atomic E-state index is 11.8. The third kappa shape index (κ3) is 2.78. The molecule has 1 aliphatic carbocycles. The first-order chi connectivity index (χ1) is 7.83. The lowest BCUT2D eigenvalue weighted by atomic mass is 9.86. The molecule has 98 valence electrons. The minimum absolute atomic E-state index is 0.0406. The molecule has 0 aromatic heterocycles. The van der Waals surface area contributed by atoms with Gasteiger partial charge in [-0.05, 0) is 25.7 Å². The monoisotopic (exact) mass is 263 g/mol. The van der Waals surface area contributed by atoms with Crippen molar-refractivity contribution in [2.75, 3.05) is 19.0 Å². The number of aliphatic carboxylic acids is 1. The molecule has 1 heterocycles. The SMILES string of the molecule is CC1(C(=O)O)COCC1NS(=O)(=O)CC1CC1. The van der Waals surface area contributed by atoms with Crippen molar-refractivity contribution in [2.45, 2.75) is 25.8 Å². The molecule has 1 aliphatic heterocycles. The summed E-state index contributed by atoms with van der Waals surface area (Å²) in [6, 6.07) is -0.677. The van der Waals surface area contributed by atoms with Gasteiger partial charge in [-0.15, -0.1) is 0 Å². The number of hydrogen-bond donors (Lipinski definition) is 2. The van der Waals surface area contributed by atoms with E-state index in [0.29, 0.717) is 0 Å². The van der Waals surface area contributed by atoms with Crippen LogP contribution in [0.2, 0.25) is 0 Å². The van der Waals surface area contributed by atoms with Crippen LogP contribution in [-0.4, -0.2) is 44.5 Å². The standard InChI is InChI=1S/C10H17NO5S/c1-10(9(12)13)6-16-4-8(10)11-17(14,15)5-7-2-3-7/h7-8,11H,2-6H2,1H3,(H,12,13). The molecular weight excluding hydrogens is 246 g/mol. The summed E-state index contributed by atoms with van der Waals surface area (Å²) in [5, 5.41) is 9.12. The molecule has 0 radical (unpaired) electrons. The molecule has 0 bridgehead atoms. The van der Waals surface area contributed by atoms with Crippen molar-refractivity contribution in [1.82, 2.24) is 4.72 Å². The minimum atomic E-state index is -3.40. The van der Waals surface area contributed by atoms with Crippen LogP contribution in [-0.2, 0) is 19.6 Å². The first-order valence-corrected chi connectivity index (χ1v) is 7.30. The van der Waals surface area contributed by atoms with E-state index in [0.717, 1.165) is 12.8 Å². The fraction of sp³-hybridized carbons (Fsp3) is 0.900. The molecule has 0 amide bonds. The van der Waals surface area contributed by atoms with Gasteiger partial charge in [0.15, 0.2) is 0 Å². The molecule has 2 N–H and O–H groups in total. The van der Waals surface area contributed by atoms with E-state index in [-0.39, 0.29) is 24.9 Å². The van der Waals surface area contributed by atoms with Crippen molar-refractivity contribution in [3.05, 3.63) is 0 Å². The lowest BCUT2D eigenvalue weighted by molar-refractivity contribution is -0.148. The Morgan fingerprint density at radius 3 is 2.71 bits per heavy atom. The van der Waals surface area contributed by atoms with Gasteiger partial charge in [-0.3, -0.25) is 4.79 Å². The zero-order valence-corrected chi connectivity index (χ0v) is 10.5. The number of carboxylic acids is 1. The molecule has 1 saturated heterocycles. The zero-order chi connectivity index (χ0) is 12.7. The maximum absolute atomic E-state index is 11.8. The molecule has 1 saturated carbocycles. The summed E-state index contributed by atoms with van der Waals surface area (Å²) in [6.07, 6.45) is 1.89. The average molecular weight is 263 g/mol. The number of hydrogen-bond acceptors (Lipinski definition) is 4. The summed E-state index contributed by atoms with van der Waals surface area (Å²) < 4.78 is 31.1. The van der Waals surface area contributed by atoms with E-state index in [9.17, 15) is 13.2 Å². The summed E-state index contributed by atoms with van der Waals surface area (Å²) in [6.45, 7) is 1.66. The Morgan fingerprint density at radius 2 is 2.18 bits per heavy atom. The highest BCUT2D eigenvalue weighted by Crippen LogP contribution is 2.32. The minimum Gasteiger partial charge on any atom is -0.481 e. The van der Waals surface area contributed by atoms with Crippen molar-refractivity contribution in [3.63, 3.8) is 0 Å². The van der Waals surface area contributed by atoms with E-state index < -0.39 is 27.4 Å². The third-order valence-electron chi connectivity index (χ3n) is 3.42. The van der Waals surface area contributed by atoms with E-state index in [4.69, 9.17) is 9.84 Å². The largest absolute Gasteiger partial charge is 0.481 e. The fourth-order valence-electron chi connectivity index (χ4n) is 1.91. The van der Waals surface area contributed by atoms with E-state index in [1.54, 1.807) is 0 Å². The van der Waals surface area contributed by atoms with Crippen LogP contribution in [0.15, 0.2) is 0 Å². The summed E-state index contributed by atoms with van der Waals surface area (Å²) >= 11 is 0. The molecule has 2 aliphatic rings. The molecule has 7 heteroatoms. The maximum Gasteiger partial charge on any atom is 0.313 e. The summed E-state index contributed by atoms with van der Waals surface area (Å²) in [4.78, 5) is 11.1. The number of carboxylic acid groups (broad SMARTS) is 1. The van der Waals surface area contributed by atoms with Gasteiger partial charge >= 0.3 is 5.97 Å². The van der Waals surface area contributed by atoms with Crippen LogP contribution in [0.25, 0.3) is 0 Å². The first kappa shape index (κ1) is 12.8. The summed E-state index contributed by atoms with van der Waals surface area (Å²) in [7, 11) is -3.40. The molecule has 17 heavy (non-hydrogen) atoms. The molecule has 2 rings (SSSR count). The van der Waals surface area contributed by atoms with Crippen molar-refractivity contribution in [3.8, 4) is 0 Å². The summed E-state index contributed by atoms with van der Waals surface area (Å²) in [5.74, 6) is -0.695. The predicted molar refractivity (Wildman–Crippen MR) is 60.0 cm³/mol. The number of carbonyl (C=O) groups is 1. The van der Waals surface area contributed by atoms with E-state index in [1.807, 2.05) is 0 Å². The number of sulfonamides is 1. The van der Waals surface area contributed by atoms with Crippen LogP contribution >= 0.6 is 0 Å². The third-order valence-corrected chi connectivity index (χ3v) is 4.97. The van der Waals surface area contributed by atoms with Gasteiger partial charge in [-0.2, -0.15) is 0 Å². The highest BCUT2D eigenvalue weighted by Gasteiger charge is 2.48. The van der Waals surface area contributed by atoms with Crippen molar-refractivity contribution < 1.29 is 23.1 Å². The van der Waals surface area contributed by atoms with Crippen molar-refractivity contribution in [2.24, 2.45) is 11.3 Å². The zero-order valence-electron chi connectivity index (χ0n) is 9.68. The molecule has 6 nitrogen and oxygen atoms in total. The van der Waals surface area contributed by atoms with Crippen LogP contribution in [0.4, 0.5) is 0 Å². The Bertz CT molecular complexity index is 416. The Hall–Kier alpha value is -0.660. The average Bonchev–Trinajstić information content (AvgIpc) is 2.91. The Balaban J connectivity index is 2.04. The van der Waals surface area contributed by atoms with Gasteiger partial charge in [0, 0.05) is 0 Å². The van der Waals surface area contributed by atoms with Crippen LogP contribution in [0.1, 0.15) is 19.8 Å². The second kappa shape index (κ2) is 4.22. The number of ether oxygens (including phenoxy) is 1. The van der Waals surface area contributed by atoms with Gasteiger partial charge in [0.1, 0.15) is 5.41 Å². The smallest absolute Gasteiger partial charge is 0.313 e. The van der Waals surface area contributed by atoms with Crippen LogP contribution in [0, 0.1) is 11.3 Å². The van der Waals surface area contributed by atoms with Gasteiger partial charge < -0.3 is 9.84 Å². The van der Waals surface area contributed by atoms with E-state index in [1.165, 1.54) is 6.92 Å². The van der Waals surface area contributed by atoms with E-state index in [2.05, 4.69) is 4.72 Å². The lowest BCUT2D eigenvalue weighted by Gasteiger charge is -2.25. The second-order valence-electron chi connectivity index (χ2n) is 5.13. The summed E-state index contributed by atoms with van der Waals surface area (Å²) in [5.41, 5.74) is -1.17. The molecule has 2 unspecified atom stereocenters. The van der Waals surface area contributed by atoms with Crippen molar-refractivity contribution in [1.29, 1.82) is 0 Å². The van der Waals surface area contributed by atoms with Crippen LogP contribution in [0.3, 0.4) is 0 Å². The van der Waals surface area contributed by atoms with Gasteiger partial charge in [0.25, 0.3) is 0 Å². The van der Waals surface area contributed by atoms with Gasteiger partial charge in [0.2, 0.25) is 10.0 Å². The Kier molecular flexibility index (Phi) is 3.17.